The minimum Gasteiger partial charge on any atom is -0.380 e. The van der Waals surface area contributed by atoms with Gasteiger partial charge in [0.25, 0.3) is 5.69 Å². The van der Waals surface area contributed by atoms with Gasteiger partial charge in [0.2, 0.25) is 0 Å². The highest BCUT2D eigenvalue weighted by atomic mass is 16.6. The van der Waals surface area contributed by atoms with Crippen LogP contribution in [0.25, 0.3) is 0 Å². The molecule has 0 amide bonds. The summed E-state index contributed by atoms with van der Waals surface area (Å²) in [4.78, 5) is 10.8. The second-order valence-corrected chi connectivity index (χ2v) is 5.44. The minimum absolute atomic E-state index is 0.105. The first-order valence-electron chi connectivity index (χ1n) is 7.04. The fourth-order valence-corrected chi connectivity index (χ4v) is 1.61. The quantitative estimate of drug-likeness (QED) is 0.574. The van der Waals surface area contributed by atoms with Gasteiger partial charge in [0, 0.05) is 12.6 Å². The van der Waals surface area contributed by atoms with Crippen LogP contribution in [0.1, 0.15) is 46.1 Å². The summed E-state index contributed by atoms with van der Waals surface area (Å²) in [5.41, 5.74) is 1.28. The van der Waals surface area contributed by atoms with Crippen LogP contribution in [0, 0.1) is 10.1 Å². The fraction of sp³-hybridized carbons (Fsp3) is 0.600. The van der Waals surface area contributed by atoms with Crippen molar-refractivity contribution in [2.45, 2.75) is 52.7 Å². The Labute approximate surface area is 120 Å². The number of ether oxygens (including phenoxy) is 1. The molecule has 1 aromatic carbocycles. The highest BCUT2D eigenvalue weighted by Gasteiger charge is 2.18. The van der Waals surface area contributed by atoms with Gasteiger partial charge in [-0.25, -0.2) is 0 Å². The van der Waals surface area contributed by atoms with Gasteiger partial charge in [0.15, 0.2) is 0 Å². The van der Waals surface area contributed by atoms with Gasteiger partial charge in [-0.15, -0.1) is 0 Å². The molecule has 1 N–H and O–H groups in total. The minimum atomic E-state index is -0.355. The Kier molecular flexibility index (Phi) is 5.95. The maximum atomic E-state index is 11.1. The highest BCUT2D eigenvalue weighted by Crippen LogP contribution is 2.27. The van der Waals surface area contributed by atoms with E-state index >= 15 is 0 Å². The third-order valence-electron chi connectivity index (χ3n) is 3.31. The van der Waals surface area contributed by atoms with Gasteiger partial charge in [-0.1, -0.05) is 19.9 Å². The number of rotatable bonds is 8. The Hall–Kier alpha value is -1.62. The lowest BCUT2D eigenvalue weighted by Gasteiger charge is -2.23. The van der Waals surface area contributed by atoms with Crippen LogP contribution in [-0.2, 0) is 11.3 Å². The van der Waals surface area contributed by atoms with E-state index in [0.29, 0.717) is 12.3 Å². The molecule has 0 aliphatic carbocycles. The number of nitro benzene ring substituents is 1. The monoisotopic (exact) mass is 280 g/mol. The summed E-state index contributed by atoms with van der Waals surface area (Å²) in [5.74, 6) is 0. The number of nitro groups is 1. The lowest BCUT2D eigenvalue weighted by atomic mass is 10.1. The summed E-state index contributed by atoms with van der Waals surface area (Å²) in [6.45, 7) is 9.21. The molecule has 1 aromatic rings. The van der Waals surface area contributed by atoms with Gasteiger partial charge < -0.3 is 10.1 Å². The zero-order chi connectivity index (χ0) is 15.2. The molecule has 20 heavy (non-hydrogen) atoms. The number of anilines is 1. The van der Waals surface area contributed by atoms with E-state index in [-0.39, 0.29) is 16.2 Å². The van der Waals surface area contributed by atoms with Crippen LogP contribution in [0.15, 0.2) is 18.2 Å². The molecule has 0 saturated carbocycles. The van der Waals surface area contributed by atoms with Gasteiger partial charge in [0.1, 0.15) is 5.69 Å². The summed E-state index contributed by atoms with van der Waals surface area (Å²) in [7, 11) is 0. The average molecular weight is 280 g/mol. The zero-order valence-corrected chi connectivity index (χ0v) is 12.7. The van der Waals surface area contributed by atoms with Crippen molar-refractivity contribution in [2.24, 2.45) is 0 Å². The van der Waals surface area contributed by atoms with Crippen molar-refractivity contribution >= 4 is 11.4 Å². The molecule has 0 spiro atoms. The zero-order valence-electron chi connectivity index (χ0n) is 12.7. The summed E-state index contributed by atoms with van der Waals surface area (Å²) < 4.78 is 5.78. The van der Waals surface area contributed by atoms with E-state index in [9.17, 15) is 10.1 Å². The van der Waals surface area contributed by atoms with Gasteiger partial charge in [-0.05, 0) is 38.3 Å². The molecule has 0 bridgehead atoms. The third-order valence-corrected chi connectivity index (χ3v) is 3.31. The number of hydrogen-bond acceptors (Lipinski definition) is 4. The Balaban J connectivity index is 2.85. The molecule has 0 atom stereocenters. The van der Waals surface area contributed by atoms with Gasteiger partial charge in [-0.3, -0.25) is 10.1 Å². The first-order valence-corrected chi connectivity index (χ1v) is 7.04. The third kappa shape index (κ3) is 4.81. The SMILES string of the molecule is CCCNc1ccc(COC(C)(C)CC)cc1[N+](=O)[O-]. The molecule has 1 rings (SSSR count). The second kappa shape index (κ2) is 7.24. The number of hydrogen-bond donors (Lipinski definition) is 1. The molecule has 0 fully saturated rings. The van der Waals surface area contributed by atoms with Crippen molar-refractivity contribution in [3.05, 3.63) is 33.9 Å². The summed E-state index contributed by atoms with van der Waals surface area (Å²) >= 11 is 0. The van der Waals surface area contributed by atoms with E-state index in [0.717, 1.165) is 24.9 Å². The van der Waals surface area contributed by atoms with Gasteiger partial charge in [0.05, 0.1) is 17.1 Å². The van der Waals surface area contributed by atoms with Gasteiger partial charge in [-0.2, -0.15) is 0 Å². The van der Waals surface area contributed by atoms with E-state index in [2.05, 4.69) is 12.2 Å². The molecule has 0 saturated heterocycles. The van der Waals surface area contributed by atoms with Crippen molar-refractivity contribution < 1.29 is 9.66 Å². The summed E-state index contributed by atoms with van der Waals surface area (Å²) in [6, 6.07) is 5.21. The van der Waals surface area contributed by atoms with Crippen molar-refractivity contribution in [1.29, 1.82) is 0 Å². The van der Waals surface area contributed by atoms with Crippen LogP contribution in [0.5, 0.6) is 0 Å². The van der Waals surface area contributed by atoms with Crippen LogP contribution in [0.2, 0.25) is 0 Å². The Morgan fingerprint density at radius 1 is 1.35 bits per heavy atom. The van der Waals surface area contributed by atoms with Crippen LogP contribution < -0.4 is 5.32 Å². The Morgan fingerprint density at radius 3 is 2.60 bits per heavy atom. The van der Waals surface area contributed by atoms with Crippen LogP contribution in [-0.4, -0.2) is 17.1 Å². The fourth-order valence-electron chi connectivity index (χ4n) is 1.61. The van der Waals surface area contributed by atoms with E-state index in [1.165, 1.54) is 0 Å². The number of nitrogens with zero attached hydrogens (tertiary/aromatic N) is 1. The molecular weight excluding hydrogens is 256 g/mol. The second-order valence-electron chi connectivity index (χ2n) is 5.44. The number of nitrogens with one attached hydrogen (secondary N) is 1. The molecule has 112 valence electrons. The van der Waals surface area contributed by atoms with E-state index in [1.807, 2.05) is 26.8 Å². The predicted molar refractivity (Wildman–Crippen MR) is 81.0 cm³/mol. The molecule has 0 heterocycles. The average Bonchev–Trinajstić information content (AvgIpc) is 2.43. The molecule has 0 radical (unpaired) electrons. The topological polar surface area (TPSA) is 64.4 Å². The standard InChI is InChI=1S/C15H24N2O3/c1-5-9-16-13-8-7-12(10-14(13)17(18)19)11-20-15(3,4)6-2/h7-8,10,16H,5-6,9,11H2,1-4H3. The van der Waals surface area contributed by atoms with E-state index in [1.54, 1.807) is 12.1 Å². The lowest BCUT2D eigenvalue weighted by molar-refractivity contribution is -0.384. The first kappa shape index (κ1) is 16.4. The maximum Gasteiger partial charge on any atom is 0.292 e. The molecule has 0 aliphatic rings. The molecule has 0 unspecified atom stereocenters. The molecule has 5 nitrogen and oxygen atoms in total. The highest BCUT2D eigenvalue weighted by molar-refractivity contribution is 5.62. The van der Waals surface area contributed by atoms with Crippen molar-refractivity contribution in [3.8, 4) is 0 Å². The smallest absolute Gasteiger partial charge is 0.292 e. The summed E-state index contributed by atoms with van der Waals surface area (Å²) in [5, 5.41) is 14.2. The summed E-state index contributed by atoms with van der Waals surface area (Å²) in [6.07, 6.45) is 1.82. The van der Waals surface area contributed by atoms with Gasteiger partial charge >= 0.3 is 0 Å². The van der Waals surface area contributed by atoms with Crippen LogP contribution >= 0.6 is 0 Å². The molecule has 0 aliphatic heterocycles. The number of benzene rings is 1. The first-order chi connectivity index (χ1) is 9.39. The molecular formula is C15H24N2O3. The van der Waals surface area contributed by atoms with Crippen LogP contribution in [0.3, 0.4) is 0 Å². The molecule has 5 heteroatoms. The van der Waals surface area contributed by atoms with Crippen LogP contribution in [0.4, 0.5) is 11.4 Å². The molecule has 0 aromatic heterocycles. The largest absolute Gasteiger partial charge is 0.380 e. The Bertz CT molecular complexity index is 458. The predicted octanol–water partition coefficient (Wildman–Crippen LogP) is 4.12. The Morgan fingerprint density at radius 2 is 2.05 bits per heavy atom. The van der Waals surface area contributed by atoms with Crippen molar-refractivity contribution in [3.63, 3.8) is 0 Å². The van der Waals surface area contributed by atoms with E-state index in [4.69, 9.17) is 4.74 Å². The van der Waals surface area contributed by atoms with Crippen molar-refractivity contribution in [1.82, 2.24) is 0 Å². The maximum absolute atomic E-state index is 11.1. The van der Waals surface area contributed by atoms with E-state index < -0.39 is 0 Å². The normalized spacial score (nSPS) is 11.4. The lowest BCUT2D eigenvalue weighted by Crippen LogP contribution is -2.22. The van der Waals surface area contributed by atoms with Crippen molar-refractivity contribution in [2.75, 3.05) is 11.9 Å².